The first-order valence-corrected chi connectivity index (χ1v) is 4.20. The van der Waals surface area contributed by atoms with Gasteiger partial charge < -0.3 is 9.84 Å². The van der Waals surface area contributed by atoms with Crippen molar-refractivity contribution in [2.45, 2.75) is 37.6 Å². The van der Waals surface area contributed by atoms with Gasteiger partial charge in [0.2, 0.25) is 0 Å². The van der Waals surface area contributed by atoms with Gasteiger partial charge in [-0.25, -0.2) is 0 Å². The third-order valence-electron chi connectivity index (χ3n) is 3.36. The Morgan fingerprint density at radius 3 is 3.00 bits per heavy atom. The van der Waals surface area contributed by atoms with E-state index in [1.54, 1.807) is 0 Å². The lowest BCUT2D eigenvalue weighted by molar-refractivity contribution is 0.0924. The summed E-state index contributed by atoms with van der Waals surface area (Å²) >= 11 is 0. The molecule has 0 bridgehead atoms. The van der Waals surface area contributed by atoms with E-state index in [9.17, 15) is 5.11 Å². The lowest BCUT2D eigenvalue weighted by atomic mass is 9.98. The van der Waals surface area contributed by atoms with Gasteiger partial charge >= 0.3 is 0 Å². The fourth-order valence-corrected chi connectivity index (χ4v) is 2.83. The number of epoxide rings is 1. The van der Waals surface area contributed by atoms with E-state index < -0.39 is 0 Å². The van der Waals surface area contributed by atoms with E-state index in [2.05, 4.69) is 0 Å². The number of aliphatic hydroxyl groups excluding tert-OH is 1. The van der Waals surface area contributed by atoms with Crippen LogP contribution in [0.4, 0.5) is 0 Å². The summed E-state index contributed by atoms with van der Waals surface area (Å²) in [5.74, 6) is 1.32. The molecule has 2 nitrogen and oxygen atoms in total. The molecular formula is C8H12O2. The Labute approximate surface area is 60.2 Å². The van der Waals surface area contributed by atoms with E-state index in [1.807, 2.05) is 0 Å². The Morgan fingerprint density at radius 1 is 1.30 bits per heavy atom. The minimum Gasteiger partial charge on any atom is -0.393 e. The number of hydrogen-bond donors (Lipinski definition) is 1. The van der Waals surface area contributed by atoms with Crippen LogP contribution < -0.4 is 0 Å². The van der Waals surface area contributed by atoms with Gasteiger partial charge in [-0.05, 0) is 25.2 Å². The normalized spacial score (nSPS) is 63.9. The molecule has 0 aromatic rings. The van der Waals surface area contributed by atoms with Crippen molar-refractivity contribution in [3.8, 4) is 0 Å². The molecule has 1 N–H and O–H groups in total. The highest BCUT2D eigenvalue weighted by Gasteiger charge is 2.59. The highest BCUT2D eigenvalue weighted by Crippen LogP contribution is 2.53. The summed E-state index contributed by atoms with van der Waals surface area (Å²) in [6, 6.07) is 0. The van der Waals surface area contributed by atoms with E-state index in [-0.39, 0.29) is 6.10 Å². The summed E-state index contributed by atoms with van der Waals surface area (Å²) in [5, 5.41) is 9.52. The fourth-order valence-electron chi connectivity index (χ4n) is 2.83. The SMILES string of the molecule is OC1CCC2CC3OC3C12. The van der Waals surface area contributed by atoms with Crippen LogP contribution in [0.25, 0.3) is 0 Å². The van der Waals surface area contributed by atoms with Gasteiger partial charge in [-0.2, -0.15) is 0 Å². The second kappa shape index (κ2) is 1.56. The molecule has 0 radical (unpaired) electrons. The van der Waals surface area contributed by atoms with Crippen molar-refractivity contribution in [3.63, 3.8) is 0 Å². The summed E-state index contributed by atoms with van der Waals surface area (Å²) in [7, 11) is 0. The quantitative estimate of drug-likeness (QED) is 0.498. The summed E-state index contributed by atoms with van der Waals surface area (Å²) in [5.41, 5.74) is 0. The maximum atomic E-state index is 9.52. The smallest absolute Gasteiger partial charge is 0.0897 e. The van der Waals surface area contributed by atoms with Crippen molar-refractivity contribution in [3.05, 3.63) is 0 Å². The van der Waals surface area contributed by atoms with Crippen molar-refractivity contribution >= 4 is 0 Å². The average molecular weight is 140 g/mol. The molecule has 0 aromatic heterocycles. The molecule has 5 atom stereocenters. The molecule has 0 spiro atoms. The molecule has 56 valence electrons. The first kappa shape index (κ1) is 5.56. The van der Waals surface area contributed by atoms with Gasteiger partial charge in [0.05, 0.1) is 18.3 Å². The van der Waals surface area contributed by atoms with Crippen LogP contribution in [0.2, 0.25) is 0 Å². The number of hydrogen-bond acceptors (Lipinski definition) is 2. The zero-order valence-electron chi connectivity index (χ0n) is 5.86. The van der Waals surface area contributed by atoms with Crippen LogP contribution in [-0.2, 0) is 4.74 Å². The summed E-state index contributed by atoms with van der Waals surface area (Å²) in [6.45, 7) is 0. The third kappa shape index (κ3) is 0.523. The predicted octanol–water partition coefficient (Wildman–Crippen LogP) is 0.545. The van der Waals surface area contributed by atoms with E-state index in [0.717, 1.165) is 12.3 Å². The molecule has 2 saturated carbocycles. The number of aliphatic hydroxyl groups is 1. The molecule has 1 saturated heterocycles. The molecule has 0 amide bonds. The molecular weight excluding hydrogens is 128 g/mol. The maximum absolute atomic E-state index is 9.52. The Morgan fingerprint density at radius 2 is 2.20 bits per heavy atom. The van der Waals surface area contributed by atoms with Gasteiger partial charge in [0.1, 0.15) is 0 Å². The van der Waals surface area contributed by atoms with E-state index >= 15 is 0 Å². The monoisotopic (exact) mass is 140 g/mol. The van der Waals surface area contributed by atoms with Crippen molar-refractivity contribution in [2.75, 3.05) is 0 Å². The van der Waals surface area contributed by atoms with Crippen LogP contribution in [0.3, 0.4) is 0 Å². The Hall–Kier alpha value is -0.0800. The van der Waals surface area contributed by atoms with Crippen molar-refractivity contribution in [1.82, 2.24) is 0 Å². The van der Waals surface area contributed by atoms with E-state index in [0.29, 0.717) is 18.1 Å². The van der Waals surface area contributed by atoms with Gasteiger partial charge in [-0.3, -0.25) is 0 Å². The minimum absolute atomic E-state index is 0.0394. The highest BCUT2D eigenvalue weighted by molar-refractivity contribution is 5.07. The zero-order chi connectivity index (χ0) is 6.72. The Kier molecular flexibility index (Phi) is 0.868. The summed E-state index contributed by atoms with van der Waals surface area (Å²) in [4.78, 5) is 0. The van der Waals surface area contributed by atoms with Crippen LogP contribution >= 0.6 is 0 Å². The number of ether oxygens (including phenoxy) is 1. The first-order valence-electron chi connectivity index (χ1n) is 4.20. The van der Waals surface area contributed by atoms with Crippen LogP contribution in [0.15, 0.2) is 0 Å². The van der Waals surface area contributed by atoms with Gasteiger partial charge in [0, 0.05) is 5.92 Å². The molecule has 2 aliphatic carbocycles. The van der Waals surface area contributed by atoms with Crippen molar-refractivity contribution < 1.29 is 9.84 Å². The second-order valence-corrected chi connectivity index (χ2v) is 3.86. The maximum Gasteiger partial charge on any atom is 0.0897 e. The number of rotatable bonds is 0. The summed E-state index contributed by atoms with van der Waals surface area (Å²) < 4.78 is 5.38. The lowest BCUT2D eigenvalue weighted by Gasteiger charge is -2.13. The fraction of sp³-hybridized carbons (Fsp3) is 1.00. The van der Waals surface area contributed by atoms with Crippen LogP contribution in [0, 0.1) is 11.8 Å². The van der Waals surface area contributed by atoms with Gasteiger partial charge in [0.25, 0.3) is 0 Å². The molecule has 10 heavy (non-hydrogen) atoms. The molecule has 0 aromatic carbocycles. The highest BCUT2D eigenvalue weighted by atomic mass is 16.6. The first-order chi connectivity index (χ1) is 4.86. The molecule has 3 aliphatic rings. The lowest BCUT2D eigenvalue weighted by Crippen LogP contribution is -2.20. The number of fused-ring (bicyclic) bond motifs is 3. The van der Waals surface area contributed by atoms with E-state index in [1.165, 1.54) is 12.8 Å². The second-order valence-electron chi connectivity index (χ2n) is 3.86. The third-order valence-corrected chi connectivity index (χ3v) is 3.36. The van der Waals surface area contributed by atoms with Gasteiger partial charge in [-0.15, -0.1) is 0 Å². The molecule has 1 heterocycles. The molecule has 1 aliphatic heterocycles. The molecule has 2 heteroatoms. The Balaban J connectivity index is 1.88. The minimum atomic E-state index is -0.0394. The average Bonchev–Trinajstić information content (AvgIpc) is 2.40. The van der Waals surface area contributed by atoms with E-state index in [4.69, 9.17) is 4.74 Å². The topological polar surface area (TPSA) is 32.8 Å². The van der Waals surface area contributed by atoms with Gasteiger partial charge in [0.15, 0.2) is 0 Å². The summed E-state index contributed by atoms with van der Waals surface area (Å²) in [6.07, 6.45) is 4.45. The molecule has 3 rings (SSSR count). The Bertz CT molecular complexity index is 167. The van der Waals surface area contributed by atoms with Crippen LogP contribution in [-0.4, -0.2) is 23.4 Å². The van der Waals surface area contributed by atoms with Gasteiger partial charge in [-0.1, -0.05) is 0 Å². The molecule has 5 unspecified atom stereocenters. The van der Waals surface area contributed by atoms with Crippen molar-refractivity contribution in [1.29, 1.82) is 0 Å². The molecule has 3 fully saturated rings. The predicted molar refractivity (Wildman–Crippen MR) is 35.5 cm³/mol. The van der Waals surface area contributed by atoms with Crippen LogP contribution in [0.1, 0.15) is 19.3 Å². The standard InChI is InChI=1S/C8H12O2/c9-5-2-1-4-3-6-8(10-6)7(4)5/h4-9H,1-3H2. The van der Waals surface area contributed by atoms with Crippen LogP contribution in [0.5, 0.6) is 0 Å². The van der Waals surface area contributed by atoms with Crippen molar-refractivity contribution in [2.24, 2.45) is 11.8 Å². The largest absolute Gasteiger partial charge is 0.393 e. The zero-order valence-corrected chi connectivity index (χ0v) is 5.86.